The van der Waals surface area contributed by atoms with E-state index in [0.717, 1.165) is 32.3 Å². The molecule has 0 aromatic rings. The van der Waals surface area contributed by atoms with Gasteiger partial charge >= 0.3 is 0 Å². The molecule has 4 saturated carbocycles. The lowest BCUT2D eigenvalue weighted by Gasteiger charge is -2.61. The minimum atomic E-state index is -0.136. The fourth-order valence-corrected chi connectivity index (χ4v) is 8.62. The van der Waals surface area contributed by atoms with Crippen LogP contribution in [0.1, 0.15) is 64.7 Å². The van der Waals surface area contributed by atoms with E-state index in [1.165, 1.54) is 32.1 Å². The van der Waals surface area contributed by atoms with E-state index >= 15 is 0 Å². The summed E-state index contributed by atoms with van der Waals surface area (Å²) in [7, 11) is 3.57. The van der Waals surface area contributed by atoms with E-state index in [0.29, 0.717) is 48.3 Å². The quantitative estimate of drug-likeness (QED) is 0.442. The first-order chi connectivity index (χ1) is 14.0. The molecule has 4 aliphatic carbocycles. The highest BCUT2D eigenvalue weighted by molar-refractivity contribution is 5.84. The molecule has 0 aliphatic heterocycles. The SMILES string of the molecule is C=C[C@H]1CC[C@H]2[C@@H]3CC[C@H]4C[C@H](OCOC)CC[C@]4(COC)[C@H]3CC[C@]12C(C)=O. The van der Waals surface area contributed by atoms with Gasteiger partial charge in [0.05, 0.1) is 12.7 Å². The second-order valence-corrected chi connectivity index (χ2v) is 10.3. The van der Waals surface area contributed by atoms with Gasteiger partial charge in [-0.25, -0.2) is 0 Å². The number of hydrogen-bond donors (Lipinski definition) is 0. The zero-order valence-corrected chi connectivity index (χ0v) is 18.7. The van der Waals surface area contributed by atoms with Crippen molar-refractivity contribution < 1.29 is 19.0 Å². The zero-order valence-electron chi connectivity index (χ0n) is 18.7. The van der Waals surface area contributed by atoms with E-state index in [1.807, 2.05) is 14.0 Å². The number of allylic oxidation sites excluding steroid dienone is 1. The minimum absolute atomic E-state index is 0.136. The number of fused-ring (bicyclic) bond motifs is 5. The lowest BCUT2D eigenvalue weighted by molar-refractivity contribution is -0.178. The van der Waals surface area contributed by atoms with Crippen LogP contribution in [0.15, 0.2) is 12.7 Å². The van der Waals surface area contributed by atoms with Gasteiger partial charge < -0.3 is 14.2 Å². The van der Waals surface area contributed by atoms with Crippen LogP contribution in [0.5, 0.6) is 0 Å². The van der Waals surface area contributed by atoms with E-state index in [2.05, 4.69) is 12.7 Å². The number of carbonyl (C=O) groups is 1. The maximum atomic E-state index is 13.0. The minimum Gasteiger partial charge on any atom is -0.384 e. The van der Waals surface area contributed by atoms with E-state index in [4.69, 9.17) is 14.2 Å². The van der Waals surface area contributed by atoms with Crippen molar-refractivity contribution in [1.29, 1.82) is 0 Å². The van der Waals surface area contributed by atoms with Crippen LogP contribution in [-0.2, 0) is 19.0 Å². The summed E-state index contributed by atoms with van der Waals surface area (Å²) in [4.78, 5) is 13.0. The third-order valence-corrected chi connectivity index (χ3v) is 9.67. The molecular weight excluding hydrogens is 364 g/mol. The lowest BCUT2D eigenvalue weighted by Crippen LogP contribution is -2.58. The molecule has 8 atom stereocenters. The van der Waals surface area contributed by atoms with Crippen molar-refractivity contribution in [1.82, 2.24) is 0 Å². The summed E-state index contributed by atoms with van der Waals surface area (Å²) in [6.45, 7) is 7.22. The molecule has 4 aliphatic rings. The number of carbonyl (C=O) groups excluding carboxylic acids is 1. The molecule has 0 heterocycles. The van der Waals surface area contributed by atoms with Crippen LogP contribution in [-0.4, -0.2) is 39.5 Å². The molecule has 0 bridgehead atoms. The fourth-order valence-electron chi connectivity index (χ4n) is 8.62. The Bertz CT molecular complexity index is 618. The lowest BCUT2D eigenvalue weighted by atomic mass is 9.43. The van der Waals surface area contributed by atoms with Gasteiger partial charge in [0.2, 0.25) is 0 Å². The van der Waals surface area contributed by atoms with Crippen molar-refractivity contribution in [2.24, 2.45) is 40.4 Å². The van der Waals surface area contributed by atoms with Crippen molar-refractivity contribution in [2.75, 3.05) is 27.6 Å². The molecule has 0 spiro atoms. The van der Waals surface area contributed by atoms with E-state index < -0.39 is 0 Å². The van der Waals surface area contributed by atoms with Crippen molar-refractivity contribution >= 4 is 5.78 Å². The molecule has 4 rings (SSSR count). The highest BCUT2D eigenvalue weighted by Crippen LogP contribution is 2.68. The molecule has 0 N–H and O–H groups in total. The Hall–Kier alpha value is -0.710. The first kappa shape index (κ1) is 21.5. The molecule has 0 radical (unpaired) electrons. The largest absolute Gasteiger partial charge is 0.384 e. The Morgan fingerprint density at radius 3 is 2.55 bits per heavy atom. The predicted molar refractivity (Wildman–Crippen MR) is 113 cm³/mol. The Kier molecular flexibility index (Phi) is 6.26. The maximum Gasteiger partial charge on any atom is 0.146 e. The van der Waals surface area contributed by atoms with Crippen LogP contribution in [0.2, 0.25) is 0 Å². The van der Waals surface area contributed by atoms with Gasteiger partial charge in [-0.1, -0.05) is 6.08 Å². The van der Waals surface area contributed by atoms with Gasteiger partial charge in [0.1, 0.15) is 12.6 Å². The number of ether oxygens (including phenoxy) is 3. The highest BCUT2D eigenvalue weighted by Gasteiger charge is 2.64. The van der Waals surface area contributed by atoms with E-state index in [-0.39, 0.29) is 10.8 Å². The van der Waals surface area contributed by atoms with Gasteiger partial charge in [-0.3, -0.25) is 4.79 Å². The number of ketones is 1. The Morgan fingerprint density at radius 2 is 1.86 bits per heavy atom. The Morgan fingerprint density at radius 1 is 1.03 bits per heavy atom. The summed E-state index contributed by atoms with van der Waals surface area (Å²) in [5.41, 5.74) is 0.128. The third-order valence-electron chi connectivity index (χ3n) is 9.67. The molecule has 0 amide bonds. The first-order valence-electron chi connectivity index (χ1n) is 11.8. The monoisotopic (exact) mass is 404 g/mol. The second kappa shape index (κ2) is 8.43. The predicted octanol–water partition coefficient (Wildman–Crippen LogP) is 5.02. The number of hydrogen-bond acceptors (Lipinski definition) is 4. The third kappa shape index (κ3) is 3.25. The number of methoxy groups -OCH3 is 2. The summed E-state index contributed by atoms with van der Waals surface area (Å²) in [6.07, 6.45) is 12.9. The van der Waals surface area contributed by atoms with Crippen molar-refractivity contribution in [3.8, 4) is 0 Å². The van der Waals surface area contributed by atoms with Crippen LogP contribution in [0.3, 0.4) is 0 Å². The molecule has 4 fully saturated rings. The van der Waals surface area contributed by atoms with Crippen molar-refractivity contribution in [3.05, 3.63) is 12.7 Å². The normalized spacial score (nSPS) is 46.4. The first-order valence-corrected chi connectivity index (χ1v) is 11.8. The van der Waals surface area contributed by atoms with Crippen LogP contribution in [0.4, 0.5) is 0 Å². The van der Waals surface area contributed by atoms with E-state index in [9.17, 15) is 4.79 Å². The summed E-state index contributed by atoms with van der Waals surface area (Å²) in [5, 5.41) is 0. The number of rotatable bonds is 7. The maximum absolute atomic E-state index is 13.0. The van der Waals surface area contributed by atoms with Crippen LogP contribution >= 0.6 is 0 Å². The molecule has 0 saturated heterocycles. The molecule has 4 heteroatoms. The van der Waals surface area contributed by atoms with Crippen molar-refractivity contribution in [2.45, 2.75) is 70.8 Å². The molecule has 4 nitrogen and oxygen atoms in total. The van der Waals surface area contributed by atoms with Crippen LogP contribution in [0.25, 0.3) is 0 Å². The molecule has 29 heavy (non-hydrogen) atoms. The number of Topliss-reactive ketones (excluding diaryl/α,β-unsaturated/α-hetero) is 1. The average molecular weight is 405 g/mol. The smallest absolute Gasteiger partial charge is 0.146 e. The van der Waals surface area contributed by atoms with Crippen LogP contribution < -0.4 is 0 Å². The summed E-state index contributed by atoms with van der Waals surface area (Å²) < 4.78 is 17.0. The average Bonchev–Trinajstić information content (AvgIpc) is 3.12. The van der Waals surface area contributed by atoms with Crippen LogP contribution in [0, 0.1) is 40.4 Å². The van der Waals surface area contributed by atoms with Gasteiger partial charge in [0.25, 0.3) is 0 Å². The van der Waals surface area contributed by atoms with Gasteiger partial charge in [-0.2, -0.15) is 0 Å². The van der Waals surface area contributed by atoms with Gasteiger partial charge in [-0.05, 0) is 99.7 Å². The van der Waals surface area contributed by atoms with Gasteiger partial charge in [-0.15, -0.1) is 6.58 Å². The zero-order chi connectivity index (χ0) is 20.6. The fraction of sp³-hybridized carbons (Fsp3) is 0.880. The van der Waals surface area contributed by atoms with Crippen molar-refractivity contribution in [3.63, 3.8) is 0 Å². The summed E-state index contributed by atoms with van der Waals surface area (Å²) >= 11 is 0. The standard InChI is InChI=1S/C25H40O4/c1-5-18-7-9-23-21-8-6-19-14-20(29-16-28-4)10-12-24(19,15-27-3)22(21)11-13-25(18,23)17(2)26/h5,18-23H,1,6-16H2,2-4H3/t18-,19-,20+,21+,22-,23-,24+,25-/m0/s1. The molecule has 0 aromatic carbocycles. The summed E-state index contributed by atoms with van der Waals surface area (Å²) in [6, 6.07) is 0. The highest BCUT2D eigenvalue weighted by atomic mass is 16.7. The Balaban J connectivity index is 1.61. The topological polar surface area (TPSA) is 44.8 Å². The Labute approximate surface area is 176 Å². The van der Waals surface area contributed by atoms with Gasteiger partial charge in [0.15, 0.2) is 0 Å². The summed E-state index contributed by atoms with van der Waals surface area (Å²) in [5.74, 6) is 3.36. The molecule has 0 unspecified atom stereocenters. The van der Waals surface area contributed by atoms with Gasteiger partial charge in [0, 0.05) is 19.6 Å². The molecule has 164 valence electrons. The molecular formula is C25H40O4. The van der Waals surface area contributed by atoms with E-state index in [1.54, 1.807) is 7.11 Å². The molecule has 0 aromatic heterocycles. The second-order valence-electron chi connectivity index (χ2n) is 10.3.